The van der Waals surface area contributed by atoms with Gasteiger partial charge < -0.3 is 22.5 Å². The highest BCUT2D eigenvalue weighted by Crippen LogP contribution is 2.02. The van der Waals surface area contributed by atoms with Crippen molar-refractivity contribution < 1.29 is 9.59 Å². The summed E-state index contributed by atoms with van der Waals surface area (Å²) in [7, 11) is 0. The van der Waals surface area contributed by atoms with Crippen molar-refractivity contribution in [3.63, 3.8) is 0 Å². The molecule has 0 fully saturated rings. The maximum atomic E-state index is 11.9. The van der Waals surface area contributed by atoms with Crippen LogP contribution in [-0.2, 0) is 4.79 Å². The van der Waals surface area contributed by atoms with Crippen LogP contribution in [0.3, 0.4) is 0 Å². The molecule has 0 radical (unpaired) electrons. The molecule has 0 spiro atoms. The number of carbonyl (C=O) groups excluding carboxylic acids is 2. The van der Waals surface area contributed by atoms with E-state index in [1.165, 1.54) is 0 Å². The molecule has 0 heterocycles. The second-order valence-electron chi connectivity index (χ2n) is 4.24. The largest absolute Gasteiger partial charge is 0.370 e. The summed E-state index contributed by atoms with van der Waals surface area (Å²) >= 11 is 0. The minimum atomic E-state index is -0.739. The van der Waals surface area contributed by atoms with Gasteiger partial charge in [0.25, 0.3) is 5.91 Å². The van der Waals surface area contributed by atoms with E-state index in [-0.39, 0.29) is 11.9 Å². The third-order valence-corrected chi connectivity index (χ3v) is 2.63. The minimum absolute atomic E-state index is 0.00561. The van der Waals surface area contributed by atoms with E-state index in [2.05, 4.69) is 10.3 Å². The number of nitrogens with zero attached hydrogens (tertiary/aromatic N) is 1. The van der Waals surface area contributed by atoms with Crippen LogP contribution < -0.4 is 22.5 Å². The normalized spacial score (nSPS) is 11.4. The molecule has 1 atom stereocenters. The lowest BCUT2D eigenvalue weighted by Gasteiger charge is -2.14. The Morgan fingerprint density at radius 1 is 1.15 bits per heavy atom. The van der Waals surface area contributed by atoms with Gasteiger partial charge in [-0.3, -0.25) is 14.6 Å². The molecule has 0 aromatic heterocycles. The van der Waals surface area contributed by atoms with E-state index in [1.807, 2.05) is 0 Å². The molecule has 7 nitrogen and oxygen atoms in total. The number of hydrogen-bond donors (Lipinski definition) is 4. The molecule has 1 rings (SSSR count). The average Bonchev–Trinajstić information content (AvgIpc) is 2.42. The number of aliphatic imine (C=N–C) groups is 1. The van der Waals surface area contributed by atoms with Crippen LogP contribution in [-0.4, -0.2) is 30.4 Å². The molecule has 108 valence electrons. The van der Waals surface area contributed by atoms with E-state index in [0.717, 1.165) is 0 Å². The van der Waals surface area contributed by atoms with Gasteiger partial charge in [-0.25, -0.2) is 0 Å². The van der Waals surface area contributed by atoms with Gasteiger partial charge in [0.2, 0.25) is 5.91 Å². The number of rotatable bonds is 7. The number of benzene rings is 1. The molecular formula is C13H19N5O2. The van der Waals surface area contributed by atoms with Crippen LogP contribution in [0, 0.1) is 0 Å². The first-order valence-electron chi connectivity index (χ1n) is 6.21. The maximum absolute atomic E-state index is 11.9. The lowest BCUT2D eigenvalue weighted by atomic mass is 10.1. The molecule has 7 heteroatoms. The summed E-state index contributed by atoms with van der Waals surface area (Å²) in [4.78, 5) is 27.0. The third-order valence-electron chi connectivity index (χ3n) is 2.63. The van der Waals surface area contributed by atoms with E-state index >= 15 is 0 Å². The van der Waals surface area contributed by atoms with Crippen molar-refractivity contribution in [1.29, 1.82) is 0 Å². The van der Waals surface area contributed by atoms with Crippen LogP contribution in [0.2, 0.25) is 0 Å². The molecule has 0 saturated heterocycles. The first-order chi connectivity index (χ1) is 9.50. The predicted octanol–water partition coefficient (Wildman–Crippen LogP) is -0.676. The average molecular weight is 277 g/mol. The quantitative estimate of drug-likeness (QED) is 0.298. The molecule has 1 aromatic rings. The molecule has 2 amide bonds. The lowest BCUT2D eigenvalue weighted by Crippen LogP contribution is -2.44. The highest BCUT2D eigenvalue weighted by Gasteiger charge is 2.18. The van der Waals surface area contributed by atoms with E-state index in [1.54, 1.807) is 30.3 Å². The Hall–Kier alpha value is -2.57. The molecule has 0 saturated carbocycles. The zero-order chi connectivity index (χ0) is 15.0. The molecule has 0 unspecified atom stereocenters. The van der Waals surface area contributed by atoms with Gasteiger partial charge in [-0.05, 0) is 25.0 Å². The number of amides is 2. The fourth-order valence-corrected chi connectivity index (χ4v) is 1.62. The third kappa shape index (κ3) is 5.38. The van der Waals surface area contributed by atoms with Gasteiger partial charge in [0.05, 0.1) is 0 Å². The van der Waals surface area contributed by atoms with Gasteiger partial charge in [-0.1, -0.05) is 18.2 Å². The van der Waals surface area contributed by atoms with Crippen LogP contribution in [0.1, 0.15) is 23.2 Å². The Balaban J connectivity index is 2.53. The van der Waals surface area contributed by atoms with E-state index < -0.39 is 11.9 Å². The van der Waals surface area contributed by atoms with Crippen molar-refractivity contribution in [3.05, 3.63) is 35.9 Å². The number of guanidine groups is 1. The smallest absolute Gasteiger partial charge is 0.251 e. The zero-order valence-electron chi connectivity index (χ0n) is 11.1. The van der Waals surface area contributed by atoms with Gasteiger partial charge in [0.1, 0.15) is 6.04 Å². The first kappa shape index (κ1) is 15.5. The van der Waals surface area contributed by atoms with Crippen molar-refractivity contribution in [2.75, 3.05) is 6.54 Å². The van der Waals surface area contributed by atoms with Crippen molar-refractivity contribution in [2.45, 2.75) is 18.9 Å². The van der Waals surface area contributed by atoms with Crippen molar-refractivity contribution in [3.8, 4) is 0 Å². The summed E-state index contributed by atoms with van der Waals surface area (Å²) in [5.74, 6) is -0.927. The van der Waals surface area contributed by atoms with Crippen LogP contribution in [0.15, 0.2) is 35.3 Å². The van der Waals surface area contributed by atoms with Crippen LogP contribution in [0.5, 0.6) is 0 Å². The molecule has 0 aliphatic rings. The number of primary amides is 1. The predicted molar refractivity (Wildman–Crippen MR) is 76.8 cm³/mol. The van der Waals surface area contributed by atoms with Crippen molar-refractivity contribution in [2.24, 2.45) is 22.2 Å². The molecule has 7 N–H and O–H groups in total. The summed E-state index contributed by atoms with van der Waals surface area (Å²) in [6, 6.07) is 7.87. The number of nitrogens with two attached hydrogens (primary N) is 3. The Labute approximate surface area is 117 Å². The Morgan fingerprint density at radius 2 is 1.80 bits per heavy atom. The Morgan fingerprint density at radius 3 is 2.35 bits per heavy atom. The molecule has 20 heavy (non-hydrogen) atoms. The van der Waals surface area contributed by atoms with Crippen molar-refractivity contribution >= 4 is 17.8 Å². The molecular weight excluding hydrogens is 258 g/mol. The second-order valence-corrected chi connectivity index (χ2v) is 4.24. The van der Waals surface area contributed by atoms with Crippen LogP contribution in [0.4, 0.5) is 0 Å². The van der Waals surface area contributed by atoms with E-state index in [0.29, 0.717) is 24.9 Å². The molecule has 0 aliphatic heterocycles. The van der Waals surface area contributed by atoms with Crippen LogP contribution in [0.25, 0.3) is 0 Å². The summed E-state index contributed by atoms with van der Waals surface area (Å²) in [5.41, 5.74) is 16.1. The SMILES string of the molecule is NC(=O)[C@@H](CCCN=C(N)N)NC(=O)c1ccccc1. The topological polar surface area (TPSA) is 137 Å². The second kappa shape index (κ2) is 7.78. The lowest BCUT2D eigenvalue weighted by molar-refractivity contribution is -0.120. The van der Waals surface area contributed by atoms with Gasteiger partial charge >= 0.3 is 0 Å². The minimum Gasteiger partial charge on any atom is -0.370 e. The highest BCUT2D eigenvalue weighted by molar-refractivity contribution is 5.97. The monoisotopic (exact) mass is 277 g/mol. The van der Waals surface area contributed by atoms with Gasteiger partial charge in [-0.2, -0.15) is 0 Å². The number of nitrogens with one attached hydrogen (secondary N) is 1. The van der Waals surface area contributed by atoms with E-state index in [9.17, 15) is 9.59 Å². The highest BCUT2D eigenvalue weighted by atomic mass is 16.2. The summed E-state index contributed by atoms with van der Waals surface area (Å²) in [6.07, 6.45) is 0.922. The Bertz CT molecular complexity index is 483. The molecule has 0 aliphatic carbocycles. The van der Waals surface area contributed by atoms with E-state index in [4.69, 9.17) is 17.2 Å². The number of hydrogen-bond acceptors (Lipinski definition) is 3. The summed E-state index contributed by atoms with van der Waals surface area (Å²) < 4.78 is 0. The number of carbonyl (C=O) groups is 2. The fraction of sp³-hybridized carbons (Fsp3) is 0.308. The summed E-state index contributed by atoms with van der Waals surface area (Å²) in [5, 5.41) is 2.60. The van der Waals surface area contributed by atoms with Gasteiger partial charge in [0, 0.05) is 12.1 Å². The first-order valence-corrected chi connectivity index (χ1v) is 6.21. The Kier molecular flexibility index (Phi) is 6.02. The molecule has 0 bridgehead atoms. The maximum Gasteiger partial charge on any atom is 0.251 e. The molecule has 1 aromatic carbocycles. The summed E-state index contributed by atoms with van der Waals surface area (Å²) in [6.45, 7) is 0.382. The standard InChI is InChI=1S/C13H19N5O2/c14-11(19)10(7-4-8-17-13(15)16)18-12(20)9-5-2-1-3-6-9/h1-3,5-6,10H,4,7-8H2,(H2,14,19)(H,18,20)(H4,15,16,17)/t10-/m1/s1. The van der Waals surface area contributed by atoms with Gasteiger partial charge in [-0.15, -0.1) is 0 Å². The zero-order valence-corrected chi connectivity index (χ0v) is 11.1. The van der Waals surface area contributed by atoms with Gasteiger partial charge in [0.15, 0.2) is 5.96 Å². The fourth-order valence-electron chi connectivity index (χ4n) is 1.62. The van der Waals surface area contributed by atoms with Crippen LogP contribution >= 0.6 is 0 Å². The van der Waals surface area contributed by atoms with Crippen molar-refractivity contribution in [1.82, 2.24) is 5.32 Å².